The Morgan fingerprint density at radius 2 is 1.72 bits per heavy atom. The van der Waals surface area contributed by atoms with Gasteiger partial charge in [-0.1, -0.05) is 12.1 Å². The summed E-state index contributed by atoms with van der Waals surface area (Å²) in [4.78, 5) is 22.6. The molecule has 0 aromatic heterocycles. The summed E-state index contributed by atoms with van der Waals surface area (Å²) < 4.78 is 36.4. The van der Waals surface area contributed by atoms with Gasteiger partial charge in [-0.3, -0.25) is 14.1 Å². The van der Waals surface area contributed by atoms with Gasteiger partial charge in [-0.2, -0.15) is 8.42 Å². The molecule has 0 spiro atoms. The summed E-state index contributed by atoms with van der Waals surface area (Å²) in [6.07, 6.45) is 0. The third kappa shape index (κ3) is 4.25. The maximum Gasteiger partial charge on any atom is 0.308 e. The zero-order valence-corrected chi connectivity index (χ0v) is 13.6. The van der Waals surface area contributed by atoms with E-state index >= 15 is 0 Å². The van der Waals surface area contributed by atoms with Crippen LogP contribution in [0.1, 0.15) is 17.3 Å². The van der Waals surface area contributed by atoms with Gasteiger partial charge in [0.15, 0.2) is 11.5 Å². The number of hydrogen-bond acceptors (Lipinski definition) is 7. The smallest absolute Gasteiger partial charge is 0.308 e. The fourth-order valence-electron chi connectivity index (χ4n) is 1.96. The molecule has 2 aromatic rings. The van der Waals surface area contributed by atoms with E-state index < -0.39 is 44.0 Å². The number of ether oxygens (including phenoxy) is 1. The number of hydrogen-bond donors (Lipinski definition) is 4. The van der Waals surface area contributed by atoms with E-state index in [0.717, 1.165) is 25.1 Å². The predicted molar refractivity (Wildman–Crippen MR) is 85.3 cm³/mol. The lowest BCUT2D eigenvalue weighted by Crippen LogP contribution is -2.15. The fraction of sp³-hybridized carbons (Fsp3) is 0.0667. The van der Waals surface area contributed by atoms with Crippen molar-refractivity contribution in [3.8, 4) is 17.2 Å². The number of carbonyl (C=O) groups is 2. The normalized spacial score (nSPS) is 11.0. The molecular weight excluding hydrogens is 354 g/mol. The number of amides is 1. The molecule has 2 rings (SSSR count). The average Bonchev–Trinajstić information content (AvgIpc) is 2.49. The molecule has 0 saturated carbocycles. The summed E-state index contributed by atoms with van der Waals surface area (Å²) in [5.74, 6) is -3.25. The minimum absolute atomic E-state index is 0.224. The Morgan fingerprint density at radius 1 is 1.08 bits per heavy atom. The lowest BCUT2D eigenvalue weighted by molar-refractivity contribution is -0.132. The molecule has 0 aliphatic heterocycles. The van der Waals surface area contributed by atoms with Crippen molar-refractivity contribution in [2.24, 2.45) is 0 Å². The summed E-state index contributed by atoms with van der Waals surface area (Å²) in [6, 6.07) is 6.78. The first-order chi connectivity index (χ1) is 11.6. The van der Waals surface area contributed by atoms with E-state index in [9.17, 15) is 28.2 Å². The number of benzene rings is 2. The number of aromatic hydroxyl groups is 2. The number of phenolic OH excluding ortho intramolecular Hbond substituents is 2. The third-order valence-corrected chi connectivity index (χ3v) is 3.90. The summed E-state index contributed by atoms with van der Waals surface area (Å²) in [7, 11) is -4.58. The van der Waals surface area contributed by atoms with Gasteiger partial charge in [0.1, 0.15) is 10.6 Å². The first-order valence-corrected chi connectivity index (χ1v) is 8.16. The highest BCUT2D eigenvalue weighted by atomic mass is 32.2. The first kappa shape index (κ1) is 18.2. The van der Waals surface area contributed by atoms with Crippen molar-refractivity contribution in [2.75, 3.05) is 5.32 Å². The minimum atomic E-state index is -4.58. The van der Waals surface area contributed by atoms with Gasteiger partial charge in [-0.15, -0.1) is 0 Å². The van der Waals surface area contributed by atoms with E-state index in [1.807, 2.05) is 0 Å². The monoisotopic (exact) mass is 367 g/mol. The van der Waals surface area contributed by atoms with E-state index in [1.54, 1.807) is 0 Å². The van der Waals surface area contributed by atoms with Gasteiger partial charge in [-0.05, 0) is 12.1 Å². The Bertz CT molecular complexity index is 952. The predicted octanol–water partition coefficient (Wildman–Crippen LogP) is 1.52. The lowest BCUT2D eigenvalue weighted by Gasteiger charge is -2.11. The molecular formula is C15H13NO8S. The summed E-state index contributed by atoms with van der Waals surface area (Å²) in [6.45, 7) is 1.09. The molecule has 0 fully saturated rings. The average molecular weight is 367 g/mol. The number of carbonyl (C=O) groups excluding carboxylic acids is 2. The second-order valence-corrected chi connectivity index (χ2v) is 6.25. The zero-order chi connectivity index (χ0) is 18.8. The van der Waals surface area contributed by atoms with E-state index in [0.29, 0.717) is 0 Å². The molecule has 0 saturated heterocycles. The number of nitrogens with one attached hydrogen (secondary N) is 1. The second kappa shape index (κ2) is 6.79. The van der Waals surface area contributed by atoms with Crippen molar-refractivity contribution in [3.63, 3.8) is 0 Å². The first-order valence-electron chi connectivity index (χ1n) is 6.72. The van der Waals surface area contributed by atoms with Crippen molar-refractivity contribution in [1.82, 2.24) is 0 Å². The van der Waals surface area contributed by atoms with Gasteiger partial charge in [0.25, 0.3) is 16.0 Å². The van der Waals surface area contributed by atoms with Crippen molar-refractivity contribution in [3.05, 3.63) is 42.0 Å². The van der Waals surface area contributed by atoms with Crippen LogP contribution in [0.2, 0.25) is 0 Å². The van der Waals surface area contributed by atoms with Crippen molar-refractivity contribution < 1.29 is 37.5 Å². The molecule has 9 nitrogen and oxygen atoms in total. The van der Waals surface area contributed by atoms with Crippen molar-refractivity contribution in [1.29, 1.82) is 0 Å². The third-order valence-electron chi connectivity index (χ3n) is 2.99. The fourth-order valence-corrected chi connectivity index (χ4v) is 2.61. The van der Waals surface area contributed by atoms with E-state index in [1.165, 1.54) is 18.2 Å². The van der Waals surface area contributed by atoms with E-state index in [4.69, 9.17) is 4.55 Å². The van der Waals surface area contributed by atoms with Gasteiger partial charge in [0.05, 0.1) is 11.3 Å². The van der Waals surface area contributed by atoms with Crippen LogP contribution in [0.25, 0.3) is 0 Å². The SMILES string of the molecule is CC(=O)Oc1cc(O)c(C(=O)Nc2ccccc2S(=O)(=O)O)cc1O. The molecule has 0 aliphatic rings. The summed E-state index contributed by atoms with van der Waals surface area (Å²) in [5, 5.41) is 21.8. The maximum atomic E-state index is 12.2. The molecule has 1 amide bonds. The number of anilines is 1. The van der Waals surface area contributed by atoms with Crippen LogP contribution in [0.3, 0.4) is 0 Å². The van der Waals surface area contributed by atoms with Crippen LogP contribution in [0.15, 0.2) is 41.3 Å². The van der Waals surface area contributed by atoms with Crippen LogP contribution in [0.4, 0.5) is 5.69 Å². The highest BCUT2D eigenvalue weighted by molar-refractivity contribution is 7.86. The second-order valence-electron chi connectivity index (χ2n) is 4.86. The Labute approximate surface area is 142 Å². The van der Waals surface area contributed by atoms with Crippen LogP contribution < -0.4 is 10.1 Å². The molecule has 132 valence electrons. The molecule has 0 heterocycles. The Balaban J connectivity index is 2.37. The molecule has 4 N–H and O–H groups in total. The van der Waals surface area contributed by atoms with Crippen molar-refractivity contribution >= 4 is 27.7 Å². The van der Waals surface area contributed by atoms with Crippen LogP contribution >= 0.6 is 0 Å². The summed E-state index contributed by atoms with van der Waals surface area (Å²) in [5.41, 5.74) is -0.628. The highest BCUT2D eigenvalue weighted by Crippen LogP contribution is 2.34. The van der Waals surface area contributed by atoms with Gasteiger partial charge in [-0.25, -0.2) is 0 Å². The number of phenols is 2. The van der Waals surface area contributed by atoms with Crippen molar-refractivity contribution in [2.45, 2.75) is 11.8 Å². The molecule has 10 heteroatoms. The topological polar surface area (TPSA) is 150 Å². The standard InChI is InChI=1S/C15H13NO8S/c1-8(17)24-13-7-11(18)9(6-12(13)19)15(20)16-10-4-2-3-5-14(10)25(21,22)23/h2-7,18-19H,1H3,(H,16,20)(H,21,22,23). The molecule has 0 radical (unpaired) electrons. The highest BCUT2D eigenvalue weighted by Gasteiger charge is 2.20. The maximum absolute atomic E-state index is 12.2. The number of esters is 1. The quantitative estimate of drug-likeness (QED) is 0.275. The minimum Gasteiger partial charge on any atom is -0.507 e. The van der Waals surface area contributed by atoms with Gasteiger partial charge >= 0.3 is 5.97 Å². The molecule has 0 aliphatic carbocycles. The Morgan fingerprint density at radius 3 is 2.32 bits per heavy atom. The Hall–Kier alpha value is -3.11. The molecule has 0 unspecified atom stereocenters. The molecule has 0 atom stereocenters. The zero-order valence-electron chi connectivity index (χ0n) is 12.8. The summed E-state index contributed by atoms with van der Waals surface area (Å²) >= 11 is 0. The largest absolute Gasteiger partial charge is 0.507 e. The number of rotatable bonds is 4. The van der Waals surface area contributed by atoms with Gasteiger partial charge in [0.2, 0.25) is 0 Å². The van der Waals surface area contributed by atoms with E-state index in [2.05, 4.69) is 10.1 Å². The van der Waals surface area contributed by atoms with Gasteiger partial charge < -0.3 is 20.3 Å². The lowest BCUT2D eigenvalue weighted by atomic mass is 10.1. The van der Waals surface area contributed by atoms with E-state index in [-0.39, 0.29) is 11.4 Å². The van der Waals surface area contributed by atoms with Crippen LogP contribution in [0.5, 0.6) is 17.2 Å². The van der Waals surface area contributed by atoms with Crippen LogP contribution in [-0.4, -0.2) is 35.1 Å². The van der Waals surface area contributed by atoms with Gasteiger partial charge in [0, 0.05) is 19.1 Å². The molecule has 25 heavy (non-hydrogen) atoms. The van der Waals surface area contributed by atoms with Crippen LogP contribution in [0, 0.1) is 0 Å². The number of para-hydroxylation sites is 1. The van der Waals surface area contributed by atoms with Crippen LogP contribution in [-0.2, 0) is 14.9 Å². The molecule has 0 bridgehead atoms. The molecule has 2 aromatic carbocycles. The Kier molecular flexibility index (Phi) is 4.95.